The van der Waals surface area contributed by atoms with E-state index < -0.39 is 5.60 Å². The van der Waals surface area contributed by atoms with Gasteiger partial charge in [0.15, 0.2) is 0 Å². The van der Waals surface area contributed by atoms with E-state index in [1.807, 2.05) is 6.92 Å². The van der Waals surface area contributed by atoms with Crippen LogP contribution in [0.2, 0.25) is 0 Å². The van der Waals surface area contributed by atoms with Gasteiger partial charge in [-0.3, -0.25) is 4.90 Å². The summed E-state index contributed by atoms with van der Waals surface area (Å²) in [6.45, 7) is 8.99. The van der Waals surface area contributed by atoms with Gasteiger partial charge in [-0.05, 0) is 19.8 Å². The van der Waals surface area contributed by atoms with Crippen LogP contribution in [-0.4, -0.2) is 47.0 Å². The quantitative estimate of drug-likeness (QED) is 0.725. The van der Waals surface area contributed by atoms with Gasteiger partial charge >= 0.3 is 0 Å². The minimum atomic E-state index is -0.525. The van der Waals surface area contributed by atoms with Crippen molar-refractivity contribution < 1.29 is 10.2 Å². The van der Waals surface area contributed by atoms with Crippen LogP contribution in [-0.2, 0) is 0 Å². The first kappa shape index (κ1) is 12.9. The first-order valence-corrected chi connectivity index (χ1v) is 5.96. The van der Waals surface area contributed by atoms with Gasteiger partial charge in [0.1, 0.15) is 0 Å². The Morgan fingerprint density at radius 3 is 2.53 bits per heavy atom. The number of hydrogen-bond donors (Lipinski definition) is 2. The average molecular weight is 215 g/mol. The Labute approximate surface area is 93.1 Å². The molecule has 90 valence electrons. The predicted molar refractivity (Wildman–Crippen MR) is 61.8 cm³/mol. The van der Waals surface area contributed by atoms with Crippen LogP contribution >= 0.6 is 0 Å². The number of β-amino-alcohol motifs (C(OH)–C–C–N with tert-alkyl or cyclic N) is 1. The molecule has 0 saturated carbocycles. The summed E-state index contributed by atoms with van der Waals surface area (Å²) in [5.74, 6) is 0. The Hall–Kier alpha value is -0.120. The van der Waals surface area contributed by atoms with Crippen molar-refractivity contribution in [3.05, 3.63) is 0 Å². The molecule has 3 nitrogen and oxygen atoms in total. The second-order valence-electron chi connectivity index (χ2n) is 5.68. The van der Waals surface area contributed by atoms with Crippen molar-refractivity contribution in [2.45, 2.75) is 45.6 Å². The third kappa shape index (κ3) is 3.74. The van der Waals surface area contributed by atoms with E-state index in [2.05, 4.69) is 18.7 Å². The van der Waals surface area contributed by atoms with Gasteiger partial charge in [-0.2, -0.15) is 0 Å². The predicted octanol–water partition coefficient (Wildman–Crippen LogP) is 1.24. The van der Waals surface area contributed by atoms with E-state index in [-0.39, 0.29) is 12.0 Å². The van der Waals surface area contributed by atoms with E-state index in [1.165, 1.54) is 0 Å². The van der Waals surface area contributed by atoms with E-state index in [0.717, 1.165) is 38.9 Å². The molecule has 2 N–H and O–H groups in total. The summed E-state index contributed by atoms with van der Waals surface area (Å²) < 4.78 is 0. The van der Waals surface area contributed by atoms with Gasteiger partial charge in [-0.1, -0.05) is 20.3 Å². The zero-order valence-corrected chi connectivity index (χ0v) is 10.3. The molecule has 0 spiro atoms. The zero-order valence-electron chi connectivity index (χ0n) is 10.3. The Morgan fingerprint density at radius 2 is 2.13 bits per heavy atom. The molecule has 0 aromatic rings. The molecule has 0 aliphatic carbocycles. The molecule has 2 atom stereocenters. The Balaban J connectivity index is 2.46. The maximum Gasteiger partial charge on any atom is 0.0758 e. The lowest BCUT2D eigenvalue weighted by Gasteiger charge is -2.32. The first-order chi connectivity index (χ1) is 6.91. The molecule has 3 heteroatoms. The van der Waals surface area contributed by atoms with Crippen molar-refractivity contribution in [1.29, 1.82) is 0 Å². The standard InChI is InChI=1S/C12H25NO2/c1-4-5-11(2,10-14)8-13-7-6-12(3,15)9-13/h14-15H,4-10H2,1-3H3. The molecular weight excluding hydrogens is 190 g/mol. The Kier molecular flexibility index (Phi) is 4.15. The van der Waals surface area contributed by atoms with Gasteiger partial charge in [0, 0.05) is 31.7 Å². The number of nitrogens with zero attached hydrogens (tertiary/aromatic N) is 1. The molecule has 0 radical (unpaired) electrons. The third-order valence-corrected chi connectivity index (χ3v) is 3.37. The van der Waals surface area contributed by atoms with Crippen LogP contribution in [0, 0.1) is 5.41 Å². The lowest BCUT2D eigenvalue weighted by atomic mass is 9.86. The zero-order chi connectivity index (χ0) is 11.5. The van der Waals surface area contributed by atoms with Gasteiger partial charge in [0.05, 0.1) is 5.60 Å². The van der Waals surface area contributed by atoms with Gasteiger partial charge in [-0.15, -0.1) is 0 Å². The van der Waals surface area contributed by atoms with Crippen LogP contribution < -0.4 is 0 Å². The highest BCUT2D eigenvalue weighted by atomic mass is 16.3. The van der Waals surface area contributed by atoms with E-state index >= 15 is 0 Å². The van der Waals surface area contributed by atoms with Crippen LogP contribution in [0.1, 0.15) is 40.0 Å². The number of rotatable bonds is 5. The summed E-state index contributed by atoms with van der Waals surface area (Å²) in [6.07, 6.45) is 2.99. The fraction of sp³-hybridized carbons (Fsp3) is 1.00. The van der Waals surface area contributed by atoms with Crippen LogP contribution in [0.5, 0.6) is 0 Å². The van der Waals surface area contributed by atoms with E-state index in [1.54, 1.807) is 0 Å². The minimum absolute atomic E-state index is 0.00479. The molecular formula is C12H25NO2. The summed E-state index contributed by atoms with van der Waals surface area (Å²) in [7, 11) is 0. The minimum Gasteiger partial charge on any atom is -0.396 e. The van der Waals surface area contributed by atoms with Crippen molar-refractivity contribution >= 4 is 0 Å². The topological polar surface area (TPSA) is 43.7 Å². The molecule has 1 aliphatic rings. The van der Waals surface area contributed by atoms with Crippen molar-refractivity contribution in [3.63, 3.8) is 0 Å². The average Bonchev–Trinajstić information content (AvgIpc) is 2.46. The number of aliphatic hydroxyl groups excluding tert-OH is 1. The fourth-order valence-corrected chi connectivity index (χ4v) is 2.53. The van der Waals surface area contributed by atoms with Crippen molar-refractivity contribution in [3.8, 4) is 0 Å². The molecule has 1 aliphatic heterocycles. The van der Waals surface area contributed by atoms with Crippen LogP contribution in [0.4, 0.5) is 0 Å². The van der Waals surface area contributed by atoms with Crippen LogP contribution in [0.15, 0.2) is 0 Å². The lowest BCUT2D eigenvalue weighted by Crippen LogP contribution is -2.39. The highest BCUT2D eigenvalue weighted by Crippen LogP contribution is 2.28. The third-order valence-electron chi connectivity index (χ3n) is 3.37. The maximum absolute atomic E-state index is 9.86. The molecule has 0 aromatic carbocycles. The highest BCUT2D eigenvalue weighted by Gasteiger charge is 2.35. The van der Waals surface area contributed by atoms with Crippen molar-refractivity contribution in [2.75, 3.05) is 26.2 Å². The maximum atomic E-state index is 9.86. The van der Waals surface area contributed by atoms with Gasteiger partial charge in [-0.25, -0.2) is 0 Å². The van der Waals surface area contributed by atoms with Gasteiger partial charge in [0.25, 0.3) is 0 Å². The second-order valence-corrected chi connectivity index (χ2v) is 5.68. The smallest absolute Gasteiger partial charge is 0.0758 e. The largest absolute Gasteiger partial charge is 0.396 e. The van der Waals surface area contributed by atoms with Crippen LogP contribution in [0.3, 0.4) is 0 Å². The summed E-state index contributed by atoms with van der Waals surface area (Å²) in [6, 6.07) is 0. The van der Waals surface area contributed by atoms with E-state index in [0.29, 0.717) is 0 Å². The molecule has 1 rings (SSSR count). The second kappa shape index (κ2) is 4.81. The highest BCUT2D eigenvalue weighted by molar-refractivity contribution is 4.89. The lowest BCUT2D eigenvalue weighted by molar-refractivity contribution is 0.0491. The van der Waals surface area contributed by atoms with Gasteiger partial charge in [0.2, 0.25) is 0 Å². The number of likely N-dealkylation sites (tertiary alicyclic amines) is 1. The van der Waals surface area contributed by atoms with Gasteiger partial charge < -0.3 is 10.2 Å². The molecule has 1 heterocycles. The normalized spacial score (nSPS) is 31.8. The molecule has 1 fully saturated rings. The molecule has 2 unspecified atom stereocenters. The summed E-state index contributed by atoms with van der Waals surface area (Å²) in [5, 5.41) is 19.3. The molecule has 1 saturated heterocycles. The molecule has 15 heavy (non-hydrogen) atoms. The molecule has 0 amide bonds. The molecule has 0 bridgehead atoms. The monoisotopic (exact) mass is 215 g/mol. The fourth-order valence-electron chi connectivity index (χ4n) is 2.53. The Morgan fingerprint density at radius 1 is 1.47 bits per heavy atom. The Bertz CT molecular complexity index is 206. The number of hydrogen-bond acceptors (Lipinski definition) is 3. The summed E-state index contributed by atoms with van der Waals surface area (Å²) >= 11 is 0. The van der Waals surface area contributed by atoms with Crippen LogP contribution in [0.25, 0.3) is 0 Å². The molecule has 0 aromatic heterocycles. The summed E-state index contributed by atoms with van der Waals surface area (Å²) in [5.41, 5.74) is -0.530. The first-order valence-electron chi connectivity index (χ1n) is 5.96. The van der Waals surface area contributed by atoms with E-state index in [4.69, 9.17) is 0 Å². The van der Waals surface area contributed by atoms with Crippen molar-refractivity contribution in [2.24, 2.45) is 5.41 Å². The SMILES string of the molecule is CCCC(C)(CO)CN1CCC(C)(O)C1. The van der Waals surface area contributed by atoms with Crippen molar-refractivity contribution in [1.82, 2.24) is 4.90 Å². The summed E-state index contributed by atoms with van der Waals surface area (Å²) in [4.78, 5) is 2.27. The number of aliphatic hydroxyl groups is 2. The van der Waals surface area contributed by atoms with E-state index in [9.17, 15) is 10.2 Å².